The summed E-state index contributed by atoms with van der Waals surface area (Å²) in [6.45, 7) is 3.94. The molecule has 0 unspecified atom stereocenters. The molecule has 0 N–H and O–H groups in total. The van der Waals surface area contributed by atoms with Crippen molar-refractivity contribution < 1.29 is 0 Å². The maximum absolute atomic E-state index is 5.44. The van der Waals surface area contributed by atoms with Crippen LogP contribution in [0.3, 0.4) is 0 Å². The number of rotatable bonds is 1. The first-order valence-electron chi connectivity index (χ1n) is 2.09. The second-order valence-electron chi connectivity index (χ2n) is 1.20. The van der Waals surface area contributed by atoms with Crippen LogP contribution in [0.1, 0.15) is 20.3 Å². The summed E-state index contributed by atoms with van der Waals surface area (Å²) in [5, 5.41) is 0.887. The molecule has 0 saturated carbocycles. The summed E-state index contributed by atoms with van der Waals surface area (Å²) in [4.78, 5) is 0. The lowest BCUT2D eigenvalue weighted by molar-refractivity contribution is 1.21. The molecule has 0 nitrogen and oxygen atoms in total. The van der Waals surface area contributed by atoms with Gasteiger partial charge in [0.15, 0.2) is 0 Å². The molecule has 0 heterocycles. The van der Waals surface area contributed by atoms with Crippen molar-refractivity contribution >= 4 is 11.6 Å². The highest BCUT2D eigenvalue weighted by molar-refractivity contribution is 6.29. The van der Waals surface area contributed by atoms with Crippen LogP contribution in [-0.2, 0) is 0 Å². The van der Waals surface area contributed by atoms with Gasteiger partial charge in [-0.15, -0.1) is 0 Å². The first-order valence-corrected chi connectivity index (χ1v) is 2.47. The van der Waals surface area contributed by atoms with Gasteiger partial charge in [-0.3, -0.25) is 0 Å². The fourth-order valence-electron chi connectivity index (χ4n) is 0.281. The molecule has 0 aromatic carbocycles. The maximum atomic E-state index is 5.44. The zero-order chi connectivity index (χ0) is 4.99. The summed E-state index contributed by atoms with van der Waals surface area (Å²) in [5.74, 6) is 0. The minimum atomic E-state index is 0.887. The smallest absolute Gasteiger partial charge is 0.0110 e. The van der Waals surface area contributed by atoms with Gasteiger partial charge in [0.05, 0.1) is 0 Å². The minimum absolute atomic E-state index is 0.887. The van der Waals surface area contributed by atoms with Crippen LogP contribution < -0.4 is 0 Å². The fourth-order valence-corrected chi connectivity index (χ4v) is 0.436. The van der Waals surface area contributed by atoms with E-state index in [1.165, 1.54) is 0 Å². The van der Waals surface area contributed by atoms with E-state index in [9.17, 15) is 0 Å². The SMILES string of the molecule is CC/C=C(/C)Cl. The Kier molecular flexibility index (Phi) is 3.24. The molecule has 1 heteroatoms. The molecule has 0 aromatic rings. The second-order valence-corrected chi connectivity index (χ2v) is 1.80. The molecule has 36 valence electrons. The highest BCUT2D eigenvalue weighted by Gasteiger charge is 1.70. The molecule has 0 fully saturated rings. The van der Waals surface area contributed by atoms with Gasteiger partial charge in [-0.1, -0.05) is 24.6 Å². The Morgan fingerprint density at radius 1 is 1.83 bits per heavy atom. The lowest BCUT2D eigenvalue weighted by atomic mass is 10.4. The summed E-state index contributed by atoms with van der Waals surface area (Å²) in [5.41, 5.74) is 0. The maximum Gasteiger partial charge on any atom is 0.0110 e. The van der Waals surface area contributed by atoms with E-state index >= 15 is 0 Å². The van der Waals surface area contributed by atoms with Gasteiger partial charge in [0, 0.05) is 5.03 Å². The van der Waals surface area contributed by atoms with E-state index in [2.05, 4.69) is 6.92 Å². The molecule has 0 spiro atoms. The fraction of sp³-hybridized carbons (Fsp3) is 0.600. The molecule has 0 radical (unpaired) electrons. The van der Waals surface area contributed by atoms with Crippen molar-refractivity contribution in [2.45, 2.75) is 20.3 Å². The molecule has 0 aliphatic carbocycles. The van der Waals surface area contributed by atoms with E-state index in [1.807, 2.05) is 13.0 Å². The summed E-state index contributed by atoms with van der Waals surface area (Å²) >= 11 is 5.44. The normalized spacial score (nSPS) is 12.2. The average molecular weight is 105 g/mol. The van der Waals surface area contributed by atoms with Crippen molar-refractivity contribution in [3.63, 3.8) is 0 Å². The highest BCUT2D eigenvalue weighted by atomic mass is 35.5. The molecular formula is C5H9Cl. The van der Waals surface area contributed by atoms with E-state index in [4.69, 9.17) is 11.6 Å². The van der Waals surface area contributed by atoms with Gasteiger partial charge >= 0.3 is 0 Å². The van der Waals surface area contributed by atoms with Crippen LogP contribution in [0, 0.1) is 0 Å². The van der Waals surface area contributed by atoms with Crippen LogP contribution in [0.5, 0.6) is 0 Å². The highest BCUT2D eigenvalue weighted by Crippen LogP contribution is 1.97. The summed E-state index contributed by atoms with van der Waals surface area (Å²) < 4.78 is 0. The van der Waals surface area contributed by atoms with E-state index in [0.717, 1.165) is 11.5 Å². The molecule has 0 aromatic heterocycles. The van der Waals surface area contributed by atoms with Crippen LogP contribution in [0.25, 0.3) is 0 Å². The van der Waals surface area contributed by atoms with E-state index < -0.39 is 0 Å². The number of hydrogen-bond acceptors (Lipinski definition) is 0. The van der Waals surface area contributed by atoms with Crippen LogP contribution in [0.15, 0.2) is 11.1 Å². The first kappa shape index (κ1) is 6.03. The minimum Gasteiger partial charge on any atom is -0.0898 e. The van der Waals surface area contributed by atoms with E-state index in [1.54, 1.807) is 0 Å². The summed E-state index contributed by atoms with van der Waals surface area (Å²) in [7, 11) is 0. The van der Waals surface area contributed by atoms with Crippen LogP contribution >= 0.6 is 11.6 Å². The third-order valence-corrected chi connectivity index (χ3v) is 0.640. The average Bonchev–Trinajstić information content (AvgIpc) is 1.35. The van der Waals surface area contributed by atoms with Gasteiger partial charge in [0.25, 0.3) is 0 Å². The monoisotopic (exact) mass is 104 g/mol. The predicted octanol–water partition coefficient (Wildman–Crippen LogP) is 2.54. The third-order valence-electron chi connectivity index (χ3n) is 0.485. The predicted molar refractivity (Wildman–Crippen MR) is 29.9 cm³/mol. The number of hydrogen-bond donors (Lipinski definition) is 0. The van der Waals surface area contributed by atoms with Crippen molar-refractivity contribution in [3.8, 4) is 0 Å². The first-order chi connectivity index (χ1) is 2.77. The molecule has 0 saturated heterocycles. The van der Waals surface area contributed by atoms with Crippen molar-refractivity contribution in [2.75, 3.05) is 0 Å². The van der Waals surface area contributed by atoms with Crippen LogP contribution in [-0.4, -0.2) is 0 Å². The standard InChI is InChI=1S/C5H9Cl/c1-3-4-5(2)6/h4H,3H2,1-2H3/b5-4-. The van der Waals surface area contributed by atoms with Gasteiger partial charge in [0.1, 0.15) is 0 Å². The molecule has 0 amide bonds. The molecule has 0 aliphatic rings. The van der Waals surface area contributed by atoms with Crippen molar-refractivity contribution in [1.82, 2.24) is 0 Å². The molecular weight excluding hydrogens is 95.5 g/mol. The molecule has 6 heavy (non-hydrogen) atoms. The van der Waals surface area contributed by atoms with Gasteiger partial charge < -0.3 is 0 Å². The van der Waals surface area contributed by atoms with Crippen molar-refractivity contribution in [1.29, 1.82) is 0 Å². The molecule has 0 bridgehead atoms. The number of halogens is 1. The van der Waals surface area contributed by atoms with Crippen molar-refractivity contribution in [3.05, 3.63) is 11.1 Å². The zero-order valence-electron chi connectivity index (χ0n) is 4.16. The molecule has 0 rings (SSSR count). The second kappa shape index (κ2) is 3.23. The molecule has 0 atom stereocenters. The Hall–Kier alpha value is 0.0300. The Balaban J connectivity index is 3.14. The van der Waals surface area contributed by atoms with E-state index in [0.29, 0.717) is 0 Å². The zero-order valence-corrected chi connectivity index (χ0v) is 4.92. The van der Waals surface area contributed by atoms with Crippen LogP contribution in [0.2, 0.25) is 0 Å². The third kappa shape index (κ3) is 4.03. The Labute approximate surface area is 43.8 Å². The van der Waals surface area contributed by atoms with E-state index in [-0.39, 0.29) is 0 Å². The summed E-state index contributed by atoms with van der Waals surface area (Å²) in [6.07, 6.45) is 3.01. The lowest BCUT2D eigenvalue weighted by Crippen LogP contribution is -1.54. The summed E-state index contributed by atoms with van der Waals surface area (Å²) in [6, 6.07) is 0. The van der Waals surface area contributed by atoms with Gasteiger partial charge in [-0.2, -0.15) is 0 Å². The molecule has 0 aliphatic heterocycles. The van der Waals surface area contributed by atoms with Gasteiger partial charge in [0.2, 0.25) is 0 Å². The Morgan fingerprint density at radius 2 is 2.33 bits per heavy atom. The number of allylic oxidation sites excluding steroid dienone is 2. The Bertz CT molecular complexity index is 51.0. The largest absolute Gasteiger partial charge is 0.0898 e. The van der Waals surface area contributed by atoms with Crippen molar-refractivity contribution in [2.24, 2.45) is 0 Å². The quantitative estimate of drug-likeness (QED) is 0.480. The van der Waals surface area contributed by atoms with Gasteiger partial charge in [-0.05, 0) is 13.3 Å². The lowest BCUT2D eigenvalue weighted by Gasteiger charge is -1.77. The Morgan fingerprint density at radius 3 is 2.33 bits per heavy atom. The van der Waals surface area contributed by atoms with Crippen LogP contribution in [0.4, 0.5) is 0 Å². The van der Waals surface area contributed by atoms with Gasteiger partial charge in [-0.25, -0.2) is 0 Å². The topological polar surface area (TPSA) is 0 Å².